The van der Waals surface area contributed by atoms with Crippen LogP contribution in [0.3, 0.4) is 0 Å². The molecule has 90 valence electrons. The van der Waals surface area contributed by atoms with E-state index in [1.54, 1.807) is 0 Å². The highest BCUT2D eigenvalue weighted by Crippen LogP contribution is 2.20. The van der Waals surface area contributed by atoms with Crippen LogP contribution in [0, 0.1) is 5.92 Å². The van der Waals surface area contributed by atoms with Crippen molar-refractivity contribution in [3.05, 3.63) is 0 Å². The molecule has 1 fully saturated rings. The third-order valence-corrected chi connectivity index (χ3v) is 3.27. The summed E-state index contributed by atoms with van der Waals surface area (Å²) in [6.45, 7) is 10.4. The van der Waals surface area contributed by atoms with Crippen molar-refractivity contribution in [1.82, 2.24) is 4.90 Å². The Kier molecular flexibility index (Phi) is 5.58. The molecular formula is C12H26N2O. The summed E-state index contributed by atoms with van der Waals surface area (Å²) < 4.78 is 5.59. The molecule has 15 heavy (non-hydrogen) atoms. The Labute approximate surface area is 94.0 Å². The highest BCUT2D eigenvalue weighted by molar-refractivity contribution is 4.79. The van der Waals surface area contributed by atoms with Gasteiger partial charge in [-0.3, -0.25) is 4.90 Å². The van der Waals surface area contributed by atoms with Crippen molar-refractivity contribution in [2.75, 3.05) is 26.2 Å². The maximum absolute atomic E-state index is 5.73. The van der Waals surface area contributed by atoms with Crippen molar-refractivity contribution in [1.29, 1.82) is 0 Å². The lowest BCUT2D eigenvalue weighted by Crippen LogP contribution is -2.45. The lowest BCUT2D eigenvalue weighted by atomic mass is 9.94. The highest BCUT2D eigenvalue weighted by Gasteiger charge is 2.23. The number of nitrogens with zero attached hydrogens (tertiary/aromatic N) is 1. The van der Waals surface area contributed by atoms with Gasteiger partial charge in [-0.15, -0.1) is 0 Å². The molecule has 1 saturated heterocycles. The van der Waals surface area contributed by atoms with Crippen LogP contribution >= 0.6 is 0 Å². The van der Waals surface area contributed by atoms with Crippen molar-refractivity contribution >= 4 is 0 Å². The summed E-state index contributed by atoms with van der Waals surface area (Å²) >= 11 is 0. The van der Waals surface area contributed by atoms with Gasteiger partial charge in [0.05, 0.1) is 12.7 Å². The van der Waals surface area contributed by atoms with Crippen molar-refractivity contribution in [2.24, 2.45) is 11.7 Å². The maximum Gasteiger partial charge on any atom is 0.0597 e. The molecule has 0 spiro atoms. The summed E-state index contributed by atoms with van der Waals surface area (Å²) in [5.41, 5.74) is 5.73. The number of rotatable bonds is 5. The summed E-state index contributed by atoms with van der Waals surface area (Å²) in [7, 11) is 0. The molecule has 2 N–H and O–H groups in total. The molecule has 1 rings (SSSR count). The third kappa shape index (κ3) is 4.49. The normalized spacial score (nSPS) is 28.6. The first-order valence-corrected chi connectivity index (χ1v) is 6.19. The zero-order chi connectivity index (χ0) is 11.3. The molecule has 0 amide bonds. The van der Waals surface area contributed by atoms with E-state index < -0.39 is 0 Å². The zero-order valence-electron chi connectivity index (χ0n) is 10.4. The quantitative estimate of drug-likeness (QED) is 0.753. The van der Waals surface area contributed by atoms with Gasteiger partial charge in [0.2, 0.25) is 0 Å². The van der Waals surface area contributed by atoms with Gasteiger partial charge in [0.25, 0.3) is 0 Å². The number of hydrogen-bond acceptors (Lipinski definition) is 3. The third-order valence-electron chi connectivity index (χ3n) is 3.27. The van der Waals surface area contributed by atoms with Gasteiger partial charge in [-0.05, 0) is 46.1 Å². The molecule has 0 aromatic carbocycles. The number of piperidine rings is 1. The predicted molar refractivity (Wildman–Crippen MR) is 63.9 cm³/mol. The van der Waals surface area contributed by atoms with Crippen molar-refractivity contribution in [2.45, 2.75) is 45.8 Å². The van der Waals surface area contributed by atoms with E-state index in [1.807, 2.05) is 0 Å². The van der Waals surface area contributed by atoms with E-state index in [2.05, 4.69) is 25.7 Å². The average Bonchev–Trinajstić information content (AvgIpc) is 2.20. The molecule has 0 aromatic rings. The second kappa shape index (κ2) is 6.46. The van der Waals surface area contributed by atoms with Crippen LogP contribution in [0.1, 0.15) is 33.6 Å². The van der Waals surface area contributed by atoms with Crippen LogP contribution in [0.2, 0.25) is 0 Å². The van der Waals surface area contributed by atoms with E-state index in [4.69, 9.17) is 10.5 Å². The fraction of sp³-hybridized carbons (Fsp3) is 1.00. The second-order valence-corrected chi connectivity index (χ2v) is 4.94. The Hall–Kier alpha value is -0.120. The molecule has 1 heterocycles. The van der Waals surface area contributed by atoms with Crippen molar-refractivity contribution in [3.63, 3.8) is 0 Å². The Bertz CT molecular complexity index is 173. The number of ether oxygens (including phenoxy) is 1. The average molecular weight is 214 g/mol. The minimum Gasteiger partial charge on any atom is -0.377 e. The summed E-state index contributed by atoms with van der Waals surface area (Å²) in [6, 6.07) is 0.698. The van der Waals surface area contributed by atoms with E-state index >= 15 is 0 Å². The van der Waals surface area contributed by atoms with Gasteiger partial charge in [0.15, 0.2) is 0 Å². The summed E-state index contributed by atoms with van der Waals surface area (Å²) in [6.07, 6.45) is 2.92. The van der Waals surface area contributed by atoms with E-state index in [-0.39, 0.29) is 0 Å². The van der Waals surface area contributed by atoms with E-state index in [1.165, 1.54) is 12.8 Å². The first-order valence-electron chi connectivity index (χ1n) is 6.19. The first kappa shape index (κ1) is 12.9. The van der Waals surface area contributed by atoms with Gasteiger partial charge in [0, 0.05) is 19.1 Å². The Morgan fingerprint density at radius 3 is 2.73 bits per heavy atom. The van der Waals surface area contributed by atoms with Gasteiger partial charge in [-0.25, -0.2) is 0 Å². The molecule has 1 aliphatic heterocycles. The largest absolute Gasteiger partial charge is 0.377 e. The van der Waals surface area contributed by atoms with Crippen LogP contribution in [0.15, 0.2) is 0 Å². The van der Waals surface area contributed by atoms with E-state index in [9.17, 15) is 0 Å². The van der Waals surface area contributed by atoms with Crippen LogP contribution in [0.4, 0.5) is 0 Å². The molecule has 0 bridgehead atoms. The van der Waals surface area contributed by atoms with Crippen molar-refractivity contribution < 1.29 is 4.74 Å². The fourth-order valence-electron chi connectivity index (χ4n) is 2.17. The van der Waals surface area contributed by atoms with Crippen LogP contribution in [0.5, 0.6) is 0 Å². The van der Waals surface area contributed by atoms with Crippen LogP contribution in [-0.2, 0) is 4.74 Å². The number of hydrogen-bond donors (Lipinski definition) is 1. The molecule has 3 nitrogen and oxygen atoms in total. The van der Waals surface area contributed by atoms with E-state index in [0.717, 1.165) is 26.2 Å². The molecular weight excluding hydrogens is 188 g/mol. The lowest BCUT2D eigenvalue weighted by Gasteiger charge is -2.37. The zero-order valence-corrected chi connectivity index (χ0v) is 10.4. The van der Waals surface area contributed by atoms with Gasteiger partial charge >= 0.3 is 0 Å². The summed E-state index contributed by atoms with van der Waals surface area (Å²) in [4.78, 5) is 2.52. The van der Waals surface area contributed by atoms with Crippen LogP contribution < -0.4 is 5.73 Å². The molecule has 3 heteroatoms. The summed E-state index contributed by atoms with van der Waals surface area (Å²) in [5.74, 6) is 0.695. The summed E-state index contributed by atoms with van der Waals surface area (Å²) in [5, 5.41) is 0. The molecule has 0 aliphatic carbocycles. The lowest BCUT2D eigenvalue weighted by molar-refractivity contribution is 0.0341. The topological polar surface area (TPSA) is 38.5 Å². The number of nitrogens with two attached hydrogens (primary N) is 1. The first-order chi connectivity index (χ1) is 7.13. The SMILES string of the molecule is CC(C)OCCN1CC(CN)CCC1C. The van der Waals surface area contributed by atoms with Crippen LogP contribution in [0.25, 0.3) is 0 Å². The fourth-order valence-corrected chi connectivity index (χ4v) is 2.17. The predicted octanol–water partition coefficient (Wildman–Crippen LogP) is 1.47. The molecule has 2 unspecified atom stereocenters. The number of likely N-dealkylation sites (tertiary alicyclic amines) is 1. The van der Waals surface area contributed by atoms with Crippen molar-refractivity contribution in [3.8, 4) is 0 Å². The van der Waals surface area contributed by atoms with Gasteiger partial charge in [-0.1, -0.05) is 0 Å². The minimum absolute atomic E-state index is 0.343. The maximum atomic E-state index is 5.73. The molecule has 2 atom stereocenters. The Balaban J connectivity index is 2.25. The van der Waals surface area contributed by atoms with Gasteiger partial charge in [-0.2, -0.15) is 0 Å². The Morgan fingerprint density at radius 1 is 1.40 bits per heavy atom. The van der Waals surface area contributed by atoms with Gasteiger partial charge < -0.3 is 10.5 Å². The van der Waals surface area contributed by atoms with Gasteiger partial charge in [0.1, 0.15) is 0 Å². The Morgan fingerprint density at radius 2 is 2.13 bits per heavy atom. The smallest absolute Gasteiger partial charge is 0.0597 e. The molecule has 0 radical (unpaired) electrons. The molecule has 0 saturated carbocycles. The second-order valence-electron chi connectivity index (χ2n) is 4.94. The highest BCUT2D eigenvalue weighted by atomic mass is 16.5. The standard InChI is InChI=1S/C12H26N2O/c1-10(2)15-7-6-14-9-12(8-13)5-4-11(14)3/h10-12H,4-9,13H2,1-3H3. The minimum atomic E-state index is 0.343. The van der Waals surface area contributed by atoms with Crippen LogP contribution in [-0.4, -0.2) is 43.3 Å². The molecule has 1 aliphatic rings. The van der Waals surface area contributed by atoms with E-state index in [0.29, 0.717) is 18.1 Å². The molecule has 0 aromatic heterocycles. The monoisotopic (exact) mass is 214 g/mol.